The molecular formula is C13H17N3O. The molecule has 0 bridgehead atoms. The van der Waals surface area contributed by atoms with Gasteiger partial charge in [0.2, 0.25) is 5.91 Å². The van der Waals surface area contributed by atoms with Gasteiger partial charge in [0, 0.05) is 0 Å². The third-order valence-corrected chi connectivity index (χ3v) is 2.57. The molecule has 0 aliphatic carbocycles. The van der Waals surface area contributed by atoms with Gasteiger partial charge in [-0.25, -0.2) is 0 Å². The Morgan fingerprint density at radius 2 is 2.29 bits per heavy atom. The molecule has 1 rings (SSSR count). The van der Waals surface area contributed by atoms with Crippen LogP contribution < -0.4 is 11.1 Å². The predicted octanol–water partition coefficient (Wildman–Crippen LogP) is 0.874. The molecule has 90 valence electrons. The third-order valence-electron chi connectivity index (χ3n) is 2.57. The summed E-state index contributed by atoms with van der Waals surface area (Å²) in [5, 5.41) is 11.7. The van der Waals surface area contributed by atoms with Crippen molar-refractivity contribution in [3.63, 3.8) is 0 Å². The summed E-state index contributed by atoms with van der Waals surface area (Å²) in [4.78, 5) is 10.5. The average molecular weight is 231 g/mol. The molecule has 1 aromatic rings. The number of hydrogen-bond donors (Lipinski definition) is 2. The lowest BCUT2D eigenvalue weighted by Gasteiger charge is -2.06. The highest BCUT2D eigenvalue weighted by molar-refractivity contribution is 5.75. The first-order valence-corrected chi connectivity index (χ1v) is 5.62. The highest BCUT2D eigenvalue weighted by Gasteiger charge is 2.00. The lowest BCUT2D eigenvalue weighted by atomic mass is 10.0. The summed E-state index contributed by atoms with van der Waals surface area (Å²) in [7, 11) is 0. The van der Waals surface area contributed by atoms with E-state index >= 15 is 0 Å². The Hall–Kier alpha value is -1.86. The molecule has 4 heteroatoms. The van der Waals surface area contributed by atoms with E-state index in [9.17, 15) is 4.79 Å². The number of nitriles is 1. The second-order valence-electron chi connectivity index (χ2n) is 4.00. The Balaban J connectivity index is 2.37. The van der Waals surface area contributed by atoms with E-state index in [0.29, 0.717) is 5.56 Å². The first-order valence-electron chi connectivity index (χ1n) is 5.62. The maximum atomic E-state index is 10.5. The van der Waals surface area contributed by atoms with Gasteiger partial charge >= 0.3 is 0 Å². The number of amides is 1. The van der Waals surface area contributed by atoms with Gasteiger partial charge < -0.3 is 11.1 Å². The van der Waals surface area contributed by atoms with Crippen LogP contribution in [0.25, 0.3) is 0 Å². The van der Waals surface area contributed by atoms with Crippen molar-refractivity contribution in [3.8, 4) is 6.07 Å². The van der Waals surface area contributed by atoms with Crippen molar-refractivity contribution in [2.75, 3.05) is 13.1 Å². The Labute approximate surface area is 101 Å². The Bertz CT molecular complexity index is 435. The Morgan fingerprint density at radius 1 is 1.53 bits per heavy atom. The maximum absolute atomic E-state index is 10.5. The first-order chi connectivity index (χ1) is 8.13. The third kappa shape index (κ3) is 4.66. The molecule has 0 fully saturated rings. The van der Waals surface area contributed by atoms with Crippen LogP contribution in [-0.2, 0) is 11.2 Å². The summed E-state index contributed by atoms with van der Waals surface area (Å²) in [6.07, 6.45) is 1.88. The van der Waals surface area contributed by atoms with Gasteiger partial charge in [-0.2, -0.15) is 5.26 Å². The summed E-state index contributed by atoms with van der Waals surface area (Å²) < 4.78 is 0. The molecule has 0 aliphatic heterocycles. The fourth-order valence-electron chi connectivity index (χ4n) is 1.66. The number of hydrogen-bond acceptors (Lipinski definition) is 3. The summed E-state index contributed by atoms with van der Waals surface area (Å²) in [5.41, 5.74) is 8.08. The number of nitrogens with zero attached hydrogens (tertiary/aromatic N) is 1. The molecule has 0 aliphatic rings. The monoisotopic (exact) mass is 231 g/mol. The second kappa shape index (κ2) is 6.66. The zero-order valence-electron chi connectivity index (χ0n) is 9.99. The SMILES string of the molecule is Cc1cc(C#N)ccc1CCCNCC(N)=O. The molecule has 0 aromatic heterocycles. The highest BCUT2D eigenvalue weighted by atomic mass is 16.1. The largest absolute Gasteiger partial charge is 0.369 e. The molecular weight excluding hydrogens is 214 g/mol. The van der Waals surface area contributed by atoms with Crippen LogP contribution in [0.4, 0.5) is 0 Å². The van der Waals surface area contributed by atoms with Gasteiger partial charge in [0.05, 0.1) is 18.2 Å². The molecule has 0 unspecified atom stereocenters. The number of benzene rings is 1. The number of aryl methyl sites for hydroxylation is 2. The number of nitrogens with two attached hydrogens (primary N) is 1. The lowest BCUT2D eigenvalue weighted by Crippen LogP contribution is -2.29. The highest BCUT2D eigenvalue weighted by Crippen LogP contribution is 2.12. The molecule has 0 saturated carbocycles. The normalized spacial score (nSPS) is 9.88. The van der Waals surface area contributed by atoms with Crippen LogP contribution in [0.3, 0.4) is 0 Å². The van der Waals surface area contributed by atoms with Crippen LogP contribution in [0.15, 0.2) is 18.2 Å². The van der Waals surface area contributed by atoms with Crippen LogP contribution in [-0.4, -0.2) is 19.0 Å². The minimum atomic E-state index is -0.334. The van der Waals surface area contributed by atoms with E-state index in [1.54, 1.807) is 0 Å². The van der Waals surface area contributed by atoms with E-state index in [4.69, 9.17) is 11.0 Å². The van der Waals surface area contributed by atoms with Gasteiger partial charge in [-0.05, 0) is 49.6 Å². The number of nitrogens with one attached hydrogen (secondary N) is 1. The maximum Gasteiger partial charge on any atom is 0.231 e. The molecule has 0 heterocycles. The molecule has 4 nitrogen and oxygen atoms in total. The van der Waals surface area contributed by atoms with Gasteiger partial charge in [0.1, 0.15) is 0 Å². The van der Waals surface area contributed by atoms with Crippen molar-refractivity contribution in [3.05, 3.63) is 34.9 Å². The van der Waals surface area contributed by atoms with Crippen LogP contribution in [0.2, 0.25) is 0 Å². The molecule has 0 saturated heterocycles. The molecule has 1 aromatic carbocycles. The van der Waals surface area contributed by atoms with Crippen LogP contribution >= 0.6 is 0 Å². The van der Waals surface area contributed by atoms with Crippen LogP contribution in [0.1, 0.15) is 23.1 Å². The van der Waals surface area contributed by atoms with Crippen molar-refractivity contribution < 1.29 is 4.79 Å². The topological polar surface area (TPSA) is 78.9 Å². The van der Waals surface area contributed by atoms with Crippen LogP contribution in [0, 0.1) is 18.3 Å². The van der Waals surface area contributed by atoms with Gasteiger partial charge in [-0.1, -0.05) is 6.07 Å². The zero-order valence-corrected chi connectivity index (χ0v) is 9.99. The van der Waals surface area contributed by atoms with E-state index in [1.807, 2.05) is 25.1 Å². The van der Waals surface area contributed by atoms with E-state index in [-0.39, 0.29) is 12.5 Å². The quantitative estimate of drug-likeness (QED) is 0.713. The smallest absolute Gasteiger partial charge is 0.231 e. The lowest BCUT2D eigenvalue weighted by molar-refractivity contribution is -0.117. The predicted molar refractivity (Wildman–Crippen MR) is 66.3 cm³/mol. The van der Waals surface area contributed by atoms with E-state index in [2.05, 4.69) is 11.4 Å². The summed E-state index contributed by atoms with van der Waals surface area (Å²) >= 11 is 0. The molecule has 0 spiro atoms. The van der Waals surface area contributed by atoms with Crippen molar-refractivity contribution in [2.45, 2.75) is 19.8 Å². The molecule has 17 heavy (non-hydrogen) atoms. The number of rotatable bonds is 6. The second-order valence-corrected chi connectivity index (χ2v) is 4.00. The fraction of sp³-hybridized carbons (Fsp3) is 0.385. The van der Waals surface area contributed by atoms with E-state index < -0.39 is 0 Å². The molecule has 1 amide bonds. The standard InChI is InChI=1S/C13H17N3O/c1-10-7-11(8-14)4-5-12(10)3-2-6-16-9-13(15)17/h4-5,7,16H,2-3,6,9H2,1H3,(H2,15,17). The summed E-state index contributed by atoms with van der Waals surface area (Å²) in [6.45, 7) is 3.00. The van der Waals surface area contributed by atoms with Crippen LogP contribution in [0.5, 0.6) is 0 Å². The minimum absolute atomic E-state index is 0.229. The summed E-state index contributed by atoms with van der Waals surface area (Å²) in [5.74, 6) is -0.334. The van der Waals surface area contributed by atoms with Crippen molar-refractivity contribution >= 4 is 5.91 Å². The number of carbonyl (C=O) groups excluding carboxylic acids is 1. The van der Waals surface area contributed by atoms with Gasteiger partial charge in [0.25, 0.3) is 0 Å². The zero-order chi connectivity index (χ0) is 12.7. The number of carbonyl (C=O) groups is 1. The molecule has 0 radical (unpaired) electrons. The van der Waals surface area contributed by atoms with E-state index in [1.165, 1.54) is 5.56 Å². The van der Waals surface area contributed by atoms with Gasteiger partial charge in [-0.3, -0.25) is 4.79 Å². The van der Waals surface area contributed by atoms with Crippen molar-refractivity contribution in [2.24, 2.45) is 5.73 Å². The Morgan fingerprint density at radius 3 is 2.88 bits per heavy atom. The first kappa shape index (κ1) is 13.2. The molecule has 0 atom stereocenters. The Kier molecular flexibility index (Phi) is 5.18. The van der Waals surface area contributed by atoms with Crippen molar-refractivity contribution in [1.29, 1.82) is 5.26 Å². The summed E-state index contributed by atoms with van der Waals surface area (Å²) in [6, 6.07) is 7.84. The number of primary amides is 1. The fourth-order valence-corrected chi connectivity index (χ4v) is 1.66. The molecule has 3 N–H and O–H groups in total. The minimum Gasteiger partial charge on any atom is -0.369 e. The average Bonchev–Trinajstić information content (AvgIpc) is 2.30. The van der Waals surface area contributed by atoms with Crippen molar-refractivity contribution in [1.82, 2.24) is 5.32 Å². The van der Waals surface area contributed by atoms with Gasteiger partial charge in [0.15, 0.2) is 0 Å². The van der Waals surface area contributed by atoms with Gasteiger partial charge in [-0.15, -0.1) is 0 Å². The van der Waals surface area contributed by atoms with E-state index in [0.717, 1.165) is 24.9 Å².